The monoisotopic (exact) mass is 234 g/mol. The Hall–Kier alpha value is -2.57. The number of nitrogens with two attached hydrogens (primary N) is 1. The summed E-state index contributed by atoms with van der Waals surface area (Å²) in [6.07, 6.45) is 0. The molecule has 0 radical (unpaired) electrons. The first-order chi connectivity index (χ1) is 8.13. The number of aromatic nitrogens is 3. The fourth-order valence-electron chi connectivity index (χ4n) is 1.37. The molecule has 1 heterocycles. The summed E-state index contributed by atoms with van der Waals surface area (Å²) in [7, 11) is 1.54. The molecule has 7 heteroatoms. The Morgan fingerprint density at radius 1 is 1.41 bits per heavy atom. The van der Waals surface area contributed by atoms with Crippen LogP contribution in [0.25, 0.3) is 5.69 Å². The Labute approximate surface area is 95.8 Å². The predicted octanol–water partition coefficient (Wildman–Crippen LogP) is -0.332. The maximum Gasteiger partial charge on any atom is 0.304 e. The fraction of sp³-hybridized carbons (Fsp3) is 0.100. The lowest BCUT2D eigenvalue weighted by molar-refractivity contribution is 0.0994. The first kappa shape index (κ1) is 10.9. The highest BCUT2D eigenvalue weighted by atomic mass is 16.5. The van der Waals surface area contributed by atoms with Gasteiger partial charge in [-0.2, -0.15) is 0 Å². The largest absolute Gasteiger partial charge is 0.497 e. The molecule has 88 valence electrons. The molecule has 0 fully saturated rings. The third kappa shape index (κ3) is 1.89. The summed E-state index contributed by atoms with van der Waals surface area (Å²) in [5, 5.41) is 5.98. The number of hydrogen-bond acceptors (Lipinski definition) is 4. The summed E-state index contributed by atoms with van der Waals surface area (Å²) >= 11 is 0. The van der Waals surface area contributed by atoms with Crippen molar-refractivity contribution in [2.45, 2.75) is 0 Å². The molecule has 0 aliphatic heterocycles. The van der Waals surface area contributed by atoms with Gasteiger partial charge in [-0.3, -0.25) is 9.59 Å². The van der Waals surface area contributed by atoms with Crippen LogP contribution < -0.4 is 16.0 Å². The standard InChI is InChI=1S/C10H10N4O3/c1-17-7-4-2-6(3-5-7)14-10(16)8(9(11)15)12-13-14/h2-5,13H,1H3,(H2,11,15). The Balaban J connectivity index is 2.46. The number of nitrogens with one attached hydrogen (secondary N) is 1. The molecule has 0 aliphatic carbocycles. The van der Waals surface area contributed by atoms with Crippen molar-refractivity contribution in [3.8, 4) is 11.4 Å². The first-order valence-corrected chi connectivity index (χ1v) is 4.75. The number of hydrogen-bond donors (Lipinski definition) is 2. The number of H-pyrrole nitrogens is 1. The Bertz CT molecular complexity index is 597. The highest BCUT2D eigenvalue weighted by Gasteiger charge is 2.14. The van der Waals surface area contributed by atoms with Gasteiger partial charge in [0.05, 0.1) is 12.8 Å². The van der Waals surface area contributed by atoms with Crippen molar-refractivity contribution in [2.75, 3.05) is 7.11 Å². The molecule has 0 atom stereocenters. The minimum absolute atomic E-state index is 0.319. The third-order valence-electron chi connectivity index (χ3n) is 2.23. The predicted molar refractivity (Wildman–Crippen MR) is 59.3 cm³/mol. The van der Waals surface area contributed by atoms with Gasteiger partial charge in [-0.15, -0.1) is 5.10 Å². The second-order valence-electron chi connectivity index (χ2n) is 3.26. The van der Waals surface area contributed by atoms with Crippen LogP contribution in [0.4, 0.5) is 0 Å². The van der Waals surface area contributed by atoms with Crippen molar-refractivity contribution in [3.63, 3.8) is 0 Å². The minimum Gasteiger partial charge on any atom is -0.497 e. The summed E-state index contributed by atoms with van der Waals surface area (Å²) in [5.41, 5.74) is 4.64. The Kier molecular flexibility index (Phi) is 2.65. The van der Waals surface area contributed by atoms with E-state index in [0.29, 0.717) is 11.4 Å². The SMILES string of the molecule is COc1ccc(-n2[nH]nc(C(N)=O)c2=O)cc1. The van der Waals surface area contributed by atoms with Gasteiger partial charge in [-0.1, -0.05) is 0 Å². The summed E-state index contributed by atoms with van der Waals surface area (Å²) < 4.78 is 6.12. The van der Waals surface area contributed by atoms with Crippen LogP contribution in [0, 0.1) is 0 Å². The number of primary amides is 1. The number of ether oxygens (including phenoxy) is 1. The Morgan fingerprint density at radius 2 is 2.06 bits per heavy atom. The number of amides is 1. The van der Waals surface area contributed by atoms with Gasteiger partial charge in [-0.25, -0.2) is 9.90 Å². The van der Waals surface area contributed by atoms with E-state index in [1.807, 2.05) is 0 Å². The molecule has 17 heavy (non-hydrogen) atoms. The van der Waals surface area contributed by atoms with Crippen LogP contribution in [0.1, 0.15) is 10.5 Å². The van der Waals surface area contributed by atoms with Crippen molar-refractivity contribution >= 4 is 5.91 Å². The topological polar surface area (TPSA) is 103 Å². The average molecular weight is 234 g/mol. The highest BCUT2D eigenvalue weighted by molar-refractivity contribution is 5.90. The smallest absolute Gasteiger partial charge is 0.304 e. The molecular formula is C10H10N4O3. The van der Waals surface area contributed by atoms with Gasteiger partial charge in [0.25, 0.3) is 5.91 Å². The van der Waals surface area contributed by atoms with Crippen molar-refractivity contribution in [2.24, 2.45) is 5.73 Å². The number of benzene rings is 1. The zero-order valence-electron chi connectivity index (χ0n) is 9.01. The van der Waals surface area contributed by atoms with Gasteiger partial charge < -0.3 is 10.5 Å². The van der Waals surface area contributed by atoms with Crippen LogP contribution in [-0.4, -0.2) is 28.0 Å². The lowest BCUT2D eigenvalue weighted by Gasteiger charge is -2.02. The normalized spacial score (nSPS) is 10.2. The van der Waals surface area contributed by atoms with Gasteiger partial charge in [0, 0.05) is 0 Å². The summed E-state index contributed by atoms with van der Waals surface area (Å²) in [6.45, 7) is 0. The van der Waals surface area contributed by atoms with E-state index >= 15 is 0 Å². The van der Waals surface area contributed by atoms with Crippen LogP contribution in [0.2, 0.25) is 0 Å². The highest BCUT2D eigenvalue weighted by Crippen LogP contribution is 2.12. The van der Waals surface area contributed by atoms with Crippen LogP contribution in [-0.2, 0) is 0 Å². The van der Waals surface area contributed by atoms with Gasteiger partial charge in [0.2, 0.25) is 5.69 Å². The van der Waals surface area contributed by atoms with Crippen LogP contribution >= 0.6 is 0 Å². The number of aromatic amines is 1. The molecule has 2 aromatic rings. The molecular weight excluding hydrogens is 224 g/mol. The van der Waals surface area contributed by atoms with Gasteiger partial charge >= 0.3 is 5.56 Å². The lowest BCUT2D eigenvalue weighted by atomic mass is 10.3. The number of carbonyl (C=O) groups is 1. The van der Waals surface area contributed by atoms with Crippen molar-refractivity contribution in [1.29, 1.82) is 0 Å². The van der Waals surface area contributed by atoms with E-state index in [1.54, 1.807) is 31.4 Å². The maximum atomic E-state index is 11.7. The Morgan fingerprint density at radius 3 is 2.53 bits per heavy atom. The molecule has 0 saturated heterocycles. The van der Waals surface area contributed by atoms with Crippen molar-refractivity contribution < 1.29 is 9.53 Å². The van der Waals surface area contributed by atoms with Crippen LogP contribution in [0.3, 0.4) is 0 Å². The van der Waals surface area contributed by atoms with E-state index in [2.05, 4.69) is 10.3 Å². The van der Waals surface area contributed by atoms with E-state index in [9.17, 15) is 9.59 Å². The molecule has 2 rings (SSSR count). The molecule has 0 spiro atoms. The van der Waals surface area contributed by atoms with E-state index in [1.165, 1.54) is 0 Å². The molecule has 7 nitrogen and oxygen atoms in total. The molecule has 1 aromatic carbocycles. The van der Waals surface area contributed by atoms with E-state index in [0.717, 1.165) is 4.68 Å². The second kappa shape index (κ2) is 4.12. The average Bonchev–Trinajstić information content (AvgIpc) is 2.71. The summed E-state index contributed by atoms with van der Waals surface area (Å²) in [5.74, 6) is -0.199. The van der Waals surface area contributed by atoms with E-state index in [-0.39, 0.29) is 5.69 Å². The minimum atomic E-state index is -0.862. The first-order valence-electron chi connectivity index (χ1n) is 4.75. The number of carbonyl (C=O) groups excluding carboxylic acids is 1. The molecule has 1 aromatic heterocycles. The van der Waals surface area contributed by atoms with Gasteiger partial charge in [0.15, 0.2) is 0 Å². The quantitative estimate of drug-likeness (QED) is 0.758. The van der Waals surface area contributed by atoms with Crippen LogP contribution in [0.5, 0.6) is 5.75 Å². The molecule has 3 N–H and O–H groups in total. The zero-order chi connectivity index (χ0) is 12.4. The van der Waals surface area contributed by atoms with E-state index < -0.39 is 11.5 Å². The van der Waals surface area contributed by atoms with Crippen molar-refractivity contribution in [1.82, 2.24) is 15.0 Å². The van der Waals surface area contributed by atoms with Crippen LogP contribution in [0.15, 0.2) is 29.1 Å². The molecule has 0 saturated carbocycles. The lowest BCUT2D eigenvalue weighted by Crippen LogP contribution is -2.24. The molecule has 0 unspecified atom stereocenters. The molecule has 0 bridgehead atoms. The number of nitrogens with zero attached hydrogens (tertiary/aromatic N) is 2. The number of methoxy groups -OCH3 is 1. The summed E-state index contributed by atoms with van der Waals surface area (Å²) in [4.78, 5) is 22.6. The summed E-state index contributed by atoms with van der Waals surface area (Å²) in [6, 6.07) is 6.69. The van der Waals surface area contributed by atoms with E-state index in [4.69, 9.17) is 10.5 Å². The molecule has 1 amide bonds. The third-order valence-corrected chi connectivity index (χ3v) is 2.23. The van der Waals surface area contributed by atoms with Crippen molar-refractivity contribution in [3.05, 3.63) is 40.3 Å². The van der Waals surface area contributed by atoms with Gasteiger partial charge in [-0.05, 0) is 24.3 Å². The fourth-order valence-corrected chi connectivity index (χ4v) is 1.37. The zero-order valence-corrected chi connectivity index (χ0v) is 9.01. The maximum absolute atomic E-state index is 11.7. The molecule has 0 aliphatic rings. The number of rotatable bonds is 3. The second-order valence-corrected chi connectivity index (χ2v) is 3.26. The van der Waals surface area contributed by atoms with Gasteiger partial charge in [0.1, 0.15) is 5.75 Å².